The van der Waals surface area contributed by atoms with Crippen LogP contribution in [0.3, 0.4) is 0 Å². The van der Waals surface area contributed by atoms with Crippen molar-refractivity contribution in [3.05, 3.63) is 71.0 Å². The molecule has 0 amide bonds. The zero-order valence-electron chi connectivity index (χ0n) is 14.4. The largest absolute Gasteiger partial charge is 0.385 e. The van der Waals surface area contributed by atoms with Crippen LogP contribution in [0.5, 0.6) is 0 Å². The average Bonchev–Trinajstić information content (AvgIpc) is 2.63. The second-order valence-electron chi connectivity index (χ2n) is 7.22. The molecule has 26 heavy (non-hydrogen) atoms. The molecule has 0 saturated carbocycles. The Morgan fingerprint density at radius 1 is 1.12 bits per heavy atom. The highest BCUT2D eigenvalue weighted by Crippen LogP contribution is 2.42. The lowest BCUT2D eigenvalue weighted by Gasteiger charge is -2.52. The normalized spacial score (nSPS) is 28.5. The molecule has 4 nitrogen and oxygen atoms in total. The molecule has 2 aromatic carbocycles. The number of benzene rings is 2. The van der Waals surface area contributed by atoms with E-state index in [1.807, 2.05) is 24.3 Å². The van der Waals surface area contributed by atoms with Gasteiger partial charge in [-0.25, -0.2) is 4.39 Å². The van der Waals surface area contributed by atoms with Crippen LogP contribution in [-0.4, -0.2) is 35.3 Å². The van der Waals surface area contributed by atoms with Gasteiger partial charge in [0.25, 0.3) is 0 Å². The summed E-state index contributed by atoms with van der Waals surface area (Å²) in [6, 6.07) is 16.7. The van der Waals surface area contributed by atoms with E-state index in [9.17, 15) is 14.8 Å². The fourth-order valence-electron chi connectivity index (χ4n) is 4.34. The van der Waals surface area contributed by atoms with Crippen LogP contribution < -0.4 is 0 Å². The molecule has 0 aliphatic carbocycles. The van der Waals surface area contributed by atoms with Crippen molar-refractivity contribution in [3.63, 3.8) is 0 Å². The summed E-state index contributed by atoms with van der Waals surface area (Å²) >= 11 is 0. The Bertz CT molecular complexity index is 820. The number of hydrogen-bond acceptors (Lipinski definition) is 4. The third-order valence-corrected chi connectivity index (χ3v) is 5.54. The summed E-state index contributed by atoms with van der Waals surface area (Å²) < 4.78 is 19.8. The van der Waals surface area contributed by atoms with Crippen molar-refractivity contribution in [1.82, 2.24) is 4.90 Å². The fraction of sp³-hybridized carbons (Fsp3) is 0.381. The summed E-state index contributed by atoms with van der Waals surface area (Å²) in [6.07, 6.45) is 0.850. The van der Waals surface area contributed by atoms with E-state index in [0.29, 0.717) is 31.6 Å². The Hall–Kier alpha value is -2.26. The van der Waals surface area contributed by atoms with Crippen molar-refractivity contribution in [2.75, 3.05) is 13.2 Å². The molecule has 2 saturated heterocycles. The molecule has 2 aliphatic heterocycles. The molecule has 0 aromatic heterocycles. The first kappa shape index (κ1) is 17.2. The standard InChI is InChI=1S/C21H21FN2O2/c22-20-8-4-7-19(18(20)11-23)21(25)9-16-13-26-14-17(10-21)24(16)12-15-5-2-1-3-6-15/h1-8,16-17,25H,9-10,12-14H2. The zero-order chi connectivity index (χ0) is 18.1. The number of hydrogen-bond donors (Lipinski definition) is 1. The number of piperidine rings is 1. The maximum absolute atomic E-state index is 14.1. The molecule has 2 heterocycles. The van der Waals surface area contributed by atoms with Crippen LogP contribution in [0.2, 0.25) is 0 Å². The van der Waals surface area contributed by atoms with E-state index in [1.165, 1.54) is 11.6 Å². The molecule has 0 spiro atoms. The molecule has 2 fully saturated rings. The molecule has 134 valence electrons. The summed E-state index contributed by atoms with van der Waals surface area (Å²) in [4.78, 5) is 2.37. The van der Waals surface area contributed by atoms with Gasteiger partial charge in [-0.3, -0.25) is 4.90 Å². The number of halogens is 1. The average molecular weight is 352 g/mol. The molecular formula is C21H21FN2O2. The van der Waals surface area contributed by atoms with Gasteiger partial charge in [0.05, 0.1) is 24.4 Å². The summed E-state index contributed by atoms with van der Waals surface area (Å²) in [6.45, 7) is 1.86. The minimum Gasteiger partial charge on any atom is -0.385 e. The lowest BCUT2D eigenvalue weighted by atomic mass is 9.75. The number of fused-ring (bicyclic) bond motifs is 2. The van der Waals surface area contributed by atoms with Gasteiger partial charge >= 0.3 is 0 Å². The highest BCUT2D eigenvalue weighted by molar-refractivity contribution is 5.43. The topological polar surface area (TPSA) is 56.5 Å². The van der Waals surface area contributed by atoms with Crippen LogP contribution in [0.1, 0.15) is 29.5 Å². The third kappa shape index (κ3) is 3.01. The first-order chi connectivity index (χ1) is 12.6. The van der Waals surface area contributed by atoms with E-state index in [0.717, 1.165) is 6.54 Å². The molecule has 4 rings (SSSR count). The Morgan fingerprint density at radius 3 is 2.46 bits per heavy atom. The SMILES string of the molecule is N#Cc1c(F)cccc1C1(O)CC2COCC(C1)N2Cc1ccccc1. The molecule has 2 aliphatic rings. The molecule has 2 unspecified atom stereocenters. The highest BCUT2D eigenvalue weighted by Gasteiger charge is 2.47. The molecule has 2 aromatic rings. The minimum absolute atomic E-state index is 0.0301. The van der Waals surface area contributed by atoms with Gasteiger partial charge in [0.2, 0.25) is 0 Å². The molecule has 2 bridgehead atoms. The van der Waals surface area contributed by atoms with Gasteiger partial charge < -0.3 is 9.84 Å². The third-order valence-electron chi connectivity index (χ3n) is 5.54. The lowest BCUT2D eigenvalue weighted by Crippen LogP contribution is -2.60. The molecule has 2 atom stereocenters. The van der Waals surface area contributed by atoms with E-state index < -0.39 is 11.4 Å². The Morgan fingerprint density at radius 2 is 1.81 bits per heavy atom. The van der Waals surface area contributed by atoms with E-state index in [4.69, 9.17) is 4.74 Å². The van der Waals surface area contributed by atoms with Crippen LogP contribution in [-0.2, 0) is 16.9 Å². The minimum atomic E-state index is -1.21. The van der Waals surface area contributed by atoms with E-state index in [2.05, 4.69) is 17.0 Å². The van der Waals surface area contributed by atoms with Gasteiger partial charge in [0.15, 0.2) is 0 Å². The van der Waals surface area contributed by atoms with Gasteiger partial charge in [-0.2, -0.15) is 5.26 Å². The summed E-state index contributed by atoms with van der Waals surface area (Å²) in [5, 5.41) is 20.7. The Balaban J connectivity index is 1.64. The smallest absolute Gasteiger partial charge is 0.141 e. The first-order valence-electron chi connectivity index (χ1n) is 8.89. The molecule has 1 N–H and O–H groups in total. The number of ether oxygens (including phenoxy) is 1. The quantitative estimate of drug-likeness (QED) is 0.923. The number of morpholine rings is 1. The number of aliphatic hydroxyl groups is 1. The molecular weight excluding hydrogens is 331 g/mol. The van der Waals surface area contributed by atoms with Crippen molar-refractivity contribution < 1.29 is 14.2 Å². The van der Waals surface area contributed by atoms with Crippen molar-refractivity contribution in [2.45, 2.75) is 37.1 Å². The van der Waals surface area contributed by atoms with E-state index >= 15 is 0 Å². The van der Waals surface area contributed by atoms with Crippen LogP contribution in [0.4, 0.5) is 4.39 Å². The van der Waals surface area contributed by atoms with Crippen molar-refractivity contribution in [2.24, 2.45) is 0 Å². The summed E-state index contributed by atoms with van der Waals surface area (Å²) in [5.74, 6) is -0.577. The van der Waals surface area contributed by atoms with Crippen LogP contribution in [0.15, 0.2) is 48.5 Å². The Kier molecular flexibility index (Phi) is 4.49. The van der Waals surface area contributed by atoms with Crippen LogP contribution in [0, 0.1) is 17.1 Å². The fourth-order valence-corrected chi connectivity index (χ4v) is 4.34. The monoisotopic (exact) mass is 352 g/mol. The summed E-state index contributed by atoms with van der Waals surface area (Å²) in [7, 11) is 0. The number of nitrogens with zero attached hydrogens (tertiary/aromatic N) is 2. The van der Waals surface area contributed by atoms with Gasteiger partial charge in [-0.15, -0.1) is 0 Å². The molecule has 5 heteroatoms. The maximum atomic E-state index is 14.1. The first-order valence-corrected chi connectivity index (χ1v) is 8.89. The van der Waals surface area contributed by atoms with Crippen molar-refractivity contribution in [1.29, 1.82) is 5.26 Å². The summed E-state index contributed by atoms with van der Waals surface area (Å²) in [5.41, 5.74) is 0.361. The van der Waals surface area contributed by atoms with Gasteiger partial charge in [-0.1, -0.05) is 42.5 Å². The Labute approximate surface area is 152 Å². The number of rotatable bonds is 3. The van der Waals surface area contributed by atoms with Crippen molar-refractivity contribution in [3.8, 4) is 6.07 Å². The maximum Gasteiger partial charge on any atom is 0.141 e. The highest BCUT2D eigenvalue weighted by atomic mass is 19.1. The zero-order valence-corrected chi connectivity index (χ0v) is 14.4. The van der Waals surface area contributed by atoms with E-state index in [-0.39, 0.29) is 17.6 Å². The number of nitriles is 1. The van der Waals surface area contributed by atoms with Gasteiger partial charge in [0.1, 0.15) is 11.9 Å². The second kappa shape index (κ2) is 6.81. The van der Waals surface area contributed by atoms with Crippen LogP contribution >= 0.6 is 0 Å². The van der Waals surface area contributed by atoms with Crippen LogP contribution in [0.25, 0.3) is 0 Å². The predicted molar refractivity (Wildman–Crippen MR) is 94.6 cm³/mol. The molecule has 0 radical (unpaired) electrons. The van der Waals surface area contributed by atoms with Gasteiger partial charge in [0, 0.05) is 24.2 Å². The lowest BCUT2D eigenvalue weighted by molar-refractivity contribution is -0.149. The second-order valence-corrected chi connectivity index (χ2v) is 7.22. The van der Waals surface area contributed by atoms with E-state index in [1.54, 1.807) is 12.1 Å². The van der Waals surface area contributed by atoms with Crippen molar-refractivity contribution >= 4 is 0 Å². The van der Waals surface area contributed by atoms with Gasteiger partial charge in [-0.05, 0) is 24.5 Å². The predicted octanol–water partition coefficient (Wildman–Crippen LogP) is 2.95.